The molecule has 1 aliphatic rings. The Hall–Kier alpha value is -2.34. The molecule has 0 saturated carbocycles. The molecule has 0 aliphatic carbocycles. The molecule has 0 spiro atoms. The highest BCUT2D eigenvalue weighted by molar-refractivity contribution is 7.10. The molecule has 0 unspecified atom stereocenters. The molecule has 1 aromatic heterocycles. The molecular formula is C18H21N3O2S. The van der Waals surface area contributed by atoms with Crippen molar-refractivity contribution in [3.05, 3.63) is 46.2 Å². The van der Waals surface area contributed by atoms with E-state index in [9.17, 15) is 9.59 Å². The van der Waals surface area contributed by atoms with Gasteiger partial charge in [0.25, 0.3) is 0 Å². The number of aryl methyl sites for hydroxylation is 1. The number of fused-ring (bicyclic) bond motifs is 1. The van der Waals surface area contributed by atoms with Crippen LogP contribution in [0.3, 0.4) is 0 Å². The fourth-order valence-electron chi connectivity index (χ4n) is 2.69. The first-order valence-corrected chi connectivity index (χ1v) is 8.84. The third kappa shape index (κ3) is 3.76. The lowest BCUT2D eigenvalue weighted by molar-refractivity contribution is -0.116. The quantitative estimate of drug-likeness (QED) is 0.791. The van der Waals surface area contributed by atoms with Gasteiger partial charge < -0.3 is 16.0 Å². The Morgan fingerprint density at radius 3 is 2.88 bits per heavy atom. The molecule has 1 aromatic carbocycles. The van der Waals surface area contributed by atoms with E-state index in [-0.39, 0.29) is 17.4 Å². The third-order valence-electron chi connectivity index (χ3n) is 4.14. The standard InChI is InChI=1S/C18H21N3O2S/c1-18(2,15-4-3-9-24-15)11-19-17(23)20-13-6-7-14-12(10-13)5-8-16(22)21-14/h3-4,6-7,9-10H,5,8,11H2,1-2H3,(H,21,22)(H2,19,20,23). The molecule has 1 aliphatic heterocycles. The van der Waals surface area contributed by atoms with E-state index in [2.05, 4.69) is 35.9 Å². The number of rotatable bonds is 4. The van der Waals surface area contributed by atoms with Crippen molar-refractivity contribution in [1.82, 2.24) is 5.32 Å². The van der Waals surface area contributed by atoms with Gasteiger partial charge >= 0.3 is 6.03 Å². The molecule has 0 fully saturated rings. The van der Waals surface area contributed by atoms with Crippen molar-refractivity contribution in [2.24, 2.45) is 0 Å². The zero-order valence-corrected chi connectivity index (χ0v) is 14.6. The van der Waals surface area contributed by atoms with E-state index in [1.165, 1.54) is 4.88 Å². The summed E-state index contributed by atoms with van der Waals surface area (Å²) in [6.07, 6.45) is 1.18. The summed E-state index contributed by atoms with van der Waals surface area (Å²) in [4.78, 5) is 24.8. The molecule has 3 N–H and O–H groups in total. The van der Waals surface area contributed by atoms with Crippen LogP contribution in [0.1, 0.15) is 30.7 Å². The molecule has 0 bridgehead atoms. The van der Waals surface area contributed by atoms with E-state index in [1.54, 1.807) is 17.4 Å². The van der Waals surface area contributed by atoms with Gasteiger partial charge in [0, 0.05) is 34.6 Å². The van der Waals surface area contributed by atoms with Gasteiger partial charge in [-0.05, 0) is 41.6 Å². The number of anilines is 2. The molecule has 2 aromatic rings. The number of urea groups is 1. The van der Waals surface area contributed by atoms with Crippen molar-refractivity contribution in [3.63, 3.8) is 0 Å². The summed E-state index contributed by atoms with van der Waals surface area (Å²) in [6, 6.07) is 9.43. The largest absolute Gasteiger partial charge is 0.337 e. The lowest BCUT2D eigenvalue weighted by atomic mass is 9.91. The normalized spacial score (nSPS) is 13.8. The minimum Gasteiger partial charge on any atom is -0.337 e. The topological polar surface area (TPSA) is 70.2 Å². The maximum atomic E-state index is 12.2. The number of carbonyl (C=O) groups is 2. The second kappa shape index (κ2) is 6.65. The Bertz CT molecular complexity index is 754. The van der Waals surface area contributed by atoms with Crippen LogP contribution < -0.4 is 16.0 Å². The van der Waals surface area contributed by atoms with Crippen LogP contribution in [0.5, 0.6) is 0 Å². The number of carbonyl (C=O) groups excluding carboxylic acids is 2. The number of hydrogen-bond donors (Lipinski definition) is 3. The van der Waals surface area contributed by atoms with Crippen molar-refractivity contribution >= 4 is 34.6 Å². The zero-order chi connectivity index (χ0) is 17.2. The summed E-state index contributed by atoms with van der Waals surface area (Å²) in [7, 11) is 0. The lowest BCUT2D eigenvalue weighted by Gasteiger charge is -2.24. The summed E-state index contributed by atoms with van der Waals surface area (Å²) in [5.41, 5.74) is 2.50. The van der Waals surface area contributed by atoms with Gasteiger partial charge in [0.1, 0.15) is 0 Å². The van der Waals surface area contributed by atoms with Crippen molar-refractivity contribution in [1.29, 1.82) is 0 Å². The maximum absolute atomic E-state index is 12.2. The van der Waals surface area contributed by atoms with Crippen LogP contribution >= 0.6 is 11.3 Å². The lowest BCUT2D eigenvalue weighted by Crippen LogP contribution is -2.38. The summed E-state index contributed by atoms with van der Waals surface area (Å²) in [6.45, 7) is 4.78. The van der Waals surface area contributed by atoms with E-state index < -0.39 is 0 Å². The second-order valence-electron chi connectivity index (χ2n) is 6.59. The minimum absolute atomic E-state index is 0.0387. The highest BCUT2D eigenvalue weighted by atomic mass is 32.1. The second-order valence-corrected chi connectivity index (χ2v) is 7.54. The zero-order valence-electron chi connectivity index (χ0n) is 13.8. The van der Waals surface area contributed by atoms with Gasteiger partial charge in [0.15, 0.2) is 0 Å². The van der Waals surface area contributed by atoms with Gasteiger partial charge in [-0.25, -0.2) is 4.79 Å². The van der Waals surface area contributed by atoms with Crippen molar-refractivity contribution in [3.8, 4) is 0 Å². The predicted molar refractivity (Wildman–Crippen MR) is 97.8 cm³/mol. The van der Waals surface area contributed by atoms with Crippen LogP contribution in [0.15, 0.2) is 35.7 Å². The fourth-order valence-corrected chi connectivity index (χ4v) is 3.54. The van der Waals surface area contributed by atoms with Gasteiger partial charge in [-0.3, -0.25) is 4.79 Å². The molecular weight excluding hydrogens is 322 g/mol. The molecule has 3 amide bonds. The van der Waals surface area contributed by atoms with E-state index in [4.69, 9.17) is 0 Å². The molecule has 0 atom stereocenters. The van der Waals surface area contributed by atoms with Gasteiger partial charge in [0.2, 0.25) is 5.91 Å². The molecule has 6 heteroatoms. The van der Waals surface area contributed by atoms with Crippen molar-refractivity contribution in [2.45, 2.75) is 32.1 Å². The van der Waals surface area contributed by atoms with E-state index in [1.807, 2.05) is 23.6 Å². The van der Waals surface area contributed by atoms with Gasteiger partial charge in [-0.1, -0.05) is 19.9 Å². The summed E-state index contributed by atoms with van der Waals surface area (Å²) in [5.74, 6) is 0.0387. The molecule has 2 heterocycles. The Labute approximate surface area is 145 Å². The first-order chi connectivity index (χ1) is 11.4. The number of nitrogens with one attached hydrogen (secondary N) is 3. The molecule has 0 radical (unpaired) electrons. The average Bonchev–Trinajstić information content (AvgIpc) is 3.09. The number of thiophene rings is 1. The molecule has 3 rings (SSSR count). The van der Waals surface area contributed by atoms with E-state index >= 15 is 0 Å². The first-order valence-electron chi connectivity index (χ1n) is 7.96. The number of amides is 3. The minimum atomic E-state index is -0.223. The van der Waals surface area contributed by atoms with Crippen LogP contribution in [0.4, 0.5) is 16.2 Å². The molecule has 24 heavy (non-hydrogen) atoms. The Morgan fingerprint density at radius 1 is 1.29 bits per heavy atom. The van der Waals surface area contributed by atoms with Gasteiger partial charge in [-0.2, -0.15) is 0 Å². The highest BCUT2D eigenvalue weighted by Crippen LogP contribution is 2.27. The summed E-state index contributed by atoms with van der Waals surface area (Å²) < 4.78 is 0. The Kier molecular flexibility index (Phi) is 4.57. The summed E-state index contributed by atoms with van der Waals surface area (Å²) in [5, 5.41) is 10.7. The number of hydrogen-bond acceptors (Lipinski definition) is 3. The third-order valence-corrected chi connectivity index (χ3v) is 5.37. The monoisotopic (exact) mass is 343 g/mol. The van der Waals surface area contributed by atoms with Crippen LogP contribution in [-0.2, 0) is 16.6 Å². The van der Waals surface area contributed by atoms with Crippen molar-refractivity contribution < 1.29 is 9.59 Å². The van der Waals surface area contributed by atoms with Crippen LogP contribution in [0, 0.1) is 0 Å². The molecule has 0 saturated heterocycles. The van der Waals surface area contributed by atoms with Crippen LogP contribution in [-0.4, -0.2) is 18.5 Å². The van der Waals surface area contributed by atoms with Gasteiger partial charge in [-0.15, -0.1) is 11.3 Å². The van der Waals surface area contributed by atoms with Gasteiger partial charge in [0.05, 0.1) is 0 Å². The van der Waals surface area contributed by atoms with Crippen molar-refractivity contribution in [2.75, 3.05) is 17.2 Å². The Balaban J connectivity index is 1.58. The summed E-state index contributed by atoms with van der Waals surface area (Å²) >= 11 is 1.69. The van der Waals surface area contributed by atoms with Crippen LogP contribution in [0.25, 0.3) is 0 Å². The smallest absolute Gasteiger partial charge is 0.319 e. The maximum Gasteiger partial charge on any atom is 0.319 e. The predicted octanol–water partition coefficient (Wildman–Crippen LogP) is 3.73. The average molecular weight is 343 g/mol. The fraction of sp³-hybridized carbons (Fsp3) is 0.333. The van der Waals surface area contributed by atoms with E-state index in [0.717, 1.165) is 16.9 Å². The number of benzene rings is 1. The Morgan fingerprint density at radius 2 is 2.12 bits per heavy atom. The SMILES string of the molecule is CC(C)(CNC(=O)Nc1ccc2c(c1)CCC(=O)N2)c1cccs1. The molecule has 5 nitrogen and oxygen atoms in total. The van der Waals surface area contributed by atoms with E-state index in [0.29, 0.717) is 19.4 Å². The van der Waals surface area contributed by atoms with Crippen LogP contribution in [0.2, 0.25) is 0 Å². The highest BCUT2D eigenvalue weighted by Gasteiger charge is 2.22. The first kappa shape index (κ1) is 16.5. The molecule has 126 valence electrons.